The maximum Gasteiger partial charge on any atom is 0.408 e. The van der Waals surface area contributed by atoms with Crippen LogP contribution in [-0.2, 0) is 28.6 Å². The zero-order chi connectivity index (χ0) is 44.6. The monoisotopic (exact) mass is 888 g/mol. The summed E-state index contributed by atoms with van der Waals surface area (Å²) >= 11 is 1.46. The Labute approximate surface area is 371 Å². The number of hydrogen-bond donors (Lipinski definition) is 4. The number of carbonyl (C=O) groups excluding carboxylic acids is 3. The van der Waals surface area contributed by atoms with Crippen molar-refractivity contribution in [2.75, 3.05) is 31.7 Å². The first kappa shape index (κ1) is 44.6. The highest BCUT2D eigenvalue weighted by Gasteiger charge is 2.61. The number of fused-ring (bicyclic) bond motifs is 2. The highest BCUT2D eigenvalue weighted by Crippen LogP contribution is 2.52. The van der Waals surface area contributed by atoms with Gasteiger partial charge < -0.3 is 49.6 Å². The van der Waals surface area contributed by atoms with Gasteiger partial charge in [0, 0.05) is 47.9 Å². The summed E-state index contributed by atoms with van der Waals surface area (Å²) in [5.41, 5.74) is -0.566. The van der Waals surface area contributed by atoms with Crippen molar-refractivity contribution >= 4 is 51.2 Å². The number of thiazole rings is 1. The number of aromatic nitrogens is 2. The van der Waals surface area contributed by atoms with Crippen LogP contribution in [0, 0.1) is 23.2 Å². The molecule has 3 saturated carbocycles. The van der Waals surface area contributed by atoms with Gasteiger partial charge in [-0.2, -0.15) is 0 Å². The summed E-state index contributed by atoms with van der Waals surface area (Å²) in [7, 11) is 0. The third kappa shape index (κ3) is 10.2. The molecule has 340 valence electrons. The molecule has 5 fully saturated rings. The molecule has 0 spiro atoms. The van der Waals surface area contributed by atoms with Crippen molar-refractivity contribution < 1.29 is 48.0 Å². The molecule has 3 amide bonds. The van der Waals surface area contributed by atoms with E-state index in [9.17, 15) is 24.3 Å². The van der Waals surface area contributed by atoms with Crippen LogP contribution in [-0.4, -0.2) is 112 Å². The van der Waals surface area contributed by atoms with E-state index in [0.717, 1.165) is 37.2 Å². The lowest BCUT2D eigenvalue weighted by Crippen LogP contribution is -2.59. The average molecular weight is 889 g/mol. The summed E-state index contributed by atoms with van der Waals surface area (Å²) in [4.78, 5) is 66.0. The summed E-state index contributed by atoms with van der Waals surface area (Å²) in [6, 6.07) is 5.29. The van der Waals surface area contributed by atoms with Crippen LogP contribution in [0.1, 0.15) is 86.0 Å². The second-order valence-electron chi connectivity index (χ2n) is 19.0. The quantitative estimate of drug-likeness (QED) is 0.0843. The van der Waals surface area contributed by atoms with Gasteiger partial charge in [0.05, 0.1) is 24.4 Å². The SMILES string of the molecule is C=C[C@@H]1C[C@@]1(NC(=O)[C@@H]1C[C@H](Oc2cc(-c3csc(NC(C)C)n3)nc3cc(OCCOC4CCCCO4)ccc23)CN1C(=O)[C@@H](NC(=O)O[C@@H]1C[C@@H]2C[C@@H]2C1)C(C)(C)C)C(=O)O. The Balaban J connectivity index is 1.06. The van der Waals surface area contributed by atoms with Crippen LogP contribution in [0.5, 0.6) is 11.5 Å². The molecule has 9 atom stereocenters. The Kier molecular flexibility index (Phi) is 12.9. The van der Waals surface area contributed by atoms with Gasteiger partial charge in [0.15, 0.2) is 11.4 Å². The van der Waals surface area contributed by atoms with E-state index in [2.05, 4.69) is 22.5 Å². The van der Waals surface area contributed by atoms with E-state index in [1.54, 1.807) is 6.07 Å². The number of rotatable bonds is 17. The van der Waals surface area contributed by atoms with Gasteiger partial charge in [-0.1, -0.05) is 26.8 Å². The Morgan fingerprint density at radius 3 is 2.52 bits per heavy atom. The zero-order valence-electron chi connectivity index (χ0n) is 36.7. The first-order valence-corrected chi connectivity index (χ1v) is 23.1. The lowest BCUT2D eigenvalue weighted by atomic mass is 9.85. The number of hydrogen-bond acceptors (Lipinski definition) is 13. The molecule has 3 aliphatic carbocycles. The van der Waals surface area contributed by atoms with Crippen LogP contribution < -0.4 is 25.4 Å². The predicted molar refractivity (Wildman–Crippen MR) is 235 cm³/mol. The largest absolute Gasteiger partial charge is 0.491 e. The van der Waals surface area contributed by atoms with Gasteiger partial charge in [-0.25, -0.2) is 19.6 Å². The summed E-state index contributed by atoms with van der Waals surface area (Å²) in [5, 5.41) is 22.4. The topological polar surface area (TPSA) is 200 Å². The number of benzene rings is 1. The number of anilines is 1. The van der Waals surface area contributed by atoms with E-state index in [1.165, 1.54) is 28.7 Å². The summed E-state index contributed by atoms with van der Waals surface area (Å²) < 4.78 is 30.2. The van der Waals surface area contributed by atoms with E-state index >= 15 is 0 Å². The fraction of sp³-hybridized carbons (Fsp3) is 0.609. The Bertz CT molecular complexity index is 2190. The lowest BCUT2D eigenvalue weighted by molar-refractivity contribution is -0.165. The van der Waals surface area contributed by atoms with Crippen LogP contribution in [0.25, 0.3) is 22.3 Å². The van der Waals surface area contributed by atoms with Crippen LogP contribution in [0.15, 0.2) is 42.3 Å². The number of amides is 3. The summed E-state index contributed by atoms with van der Waals surface area (Å²) in [5.74, 6) is -0.552. The van der Waals surface area contributed by atoms with Gasteiger partial charge in [0.1, 0.15) is 53.6 Å². The van der Waals surface area contributed by atoms with Crippen molar-refractivity contribution in [1.29, 1.82) is 0 Å². The summed E-state index contributed by atoms with van der Waals surface area (Å²) in [6.45, 7) is 14.7. The van der Waals surface area contributed by atoms with Gasteiger partial charge in [-0.3, -0.25) is 9.59 Å². The molecule has 1 aromatic carbocycles. The number of ether oxygens (including phenoxy) is 5. The summed E-state index contributed by atoms with van der Waals surface area (Å²) in [6.07, 6.45) is 5.69. The molecule has 63 heavy (non-hydrogen) atoms. The normalized spacial score (nSPS) is 27.9. The fourth-order valence-electron chi connectivity index (χ4n) is 9.13. The Morgan fingerprint density at radius 2 is 1.84 bits per heavy atom. The van der Waals surface area contributed by atoms with Gasteiger partial charge >= 0.3 is 12.1 Å². The number of pyridine rings is 1. The molecule has 16 nitrogen and oxygen atoms in total. The fourth-order valence-corrected chi connectivity index (χ4v) is 9.98. The van der Waals surface area contributed by atoms with Crippen LogP contribution >= 0.6 is 11.3 Å². The highest BCUT2D eigenvalue weighted by atomic mass is 32.1. The van der Waals surface area contributed by atoms with Crippen molar-refractivity contribution in [1.82, 2.24) is 25.5 Å². The van der Waals surface area contributed by atoms with Crippen molar-refractivity contribution in [3.8, 4) is 22.9 Å². The maximum atomic E-state index is 14.8. The smallest absolute Gasteiger partial charge is 0.408 e. The third-order valence-electron chi connectivity index (χ3n) is 12.7. The van der Waals surface area contributed by atoms with Gasteiger partial charge in [-0.15, -0.1) is 17.9 Å². The van der Waals surface area contributed by atoms with Gasteiger partial charge in [-0.05, 0) is 88.2 Å². The van der Waals surface area contributed by atoms with Gasteiger partial charge in [0.2, 0.25) is 11.8 Å². The Hall–Kier alpha value is -5.00. The van der Waals surface area contributed by atoms with Gasteiger partial charge in [0.25, 0.3) is 0 Å². The first-order valence-electron chi connectivity index (χ1n) is 22.3. The standard InChI is InChI=1S/C46H60N6O10S/c1-7-28-22-46(28,42(55)56)51-40(53)36-20-31(23-52(36)41(54)39(45(4,5)6)50-44(57)62-30-17-26-16-27(26)18-30)61-37-21-34(35-24-63-43(49-35)47-25(2)3)48-33-19-29(11-12-32(33)37)58-14-15-60-38-10-8-9-13-59-38/h7,11-12,19,21,24-28,30-31,36,38-39H,1,8-10,13-18,20,22-23H2,2-6H3,(H,47,49)(H,50,57)(H,51,53)(H,55,56)/t26-,27+,28-,30+,31+,36+,38?,39-,46+/m1/s1. The number of carbonyl (C=O) groups is 4. The van der Waals surface area contributed by atoms with Crippen molar-refractivity contribution in [3.05, 3.63) is 42.3 Å². The molecule has 4 N–H and O–H groups in total. The minimum absolute atomic E-state index is 0.0264. The van der Waals surface area contributed by atoms with E-state index in [-0.39, 0.29) is 37.8 Å². The molecule has 1 unspecified atom stereocenters. The van der Waals surface area contributed by atoms with E-state index < -0.39 is 58.9 Å². The van der Waals surface area contributed by atoms with Crippen LogP contribution in [0.4, 0.5) is 9.93 Å². The molecule has 4 heterocycles. The number of nitrogens with one attached hydrogen (secondary N) is 3. The maximum absolute atomic E-state index is 14.8. The molecule has 3 aromatic rings. The molecule has 8 rings (SSSR count). The molecular weight excluding hydrogens is 829 g/mol. The minimum atomic E-state index is -1.53. The molecule has 0 bridgehead atoms. The van der Waals surface area contributed by atoms with E-state index in [0.29, 0.717) is 65.4 Å². The number of carboxylic acid groups (broad SMARTS) is 1. The second kappa shape index (κ2) is 18.2. The number of likely N-dealkylation sites (tertiary alicyclic amines) is 1. The number of alkyl carbamates (subject to hydrolysis) is 1. The zero-order valence-corrected chi connectivity index (χ0v) is 37.5. The molecule has 2 aliphatic heterocycles. The van der Waals surface area contributed by atoms with Crippen molar-refractivity contribution in [3.63, 3.8) is 0 Å². The molecule has 17 heteroatoms. The molecule has 2 saturated heterocycles. The molecule has 2 aromatic heterocycles. The highest BCUT2D eigenvalue weighted by molar-refractivity contribution is 7.14. The molecular formula is C46H60N6O10S. The minimum Gasteiger partial charge on any atom is -0.491 e. The van der Waals surface area contributed by atoms with Crippen LogP contribution in [0.3, 0.4) is 0 Å². The molecule has 0 radical (unpaired) electrons. The lowest BCUT2D eigenvalue weighted by Gasteiger charge is -2.35. The van der Waals surface area contributed by atoms with Crippen LogP contribution in [0.2, 0.25) is 0 Å². The number of nitrogens with zero attached hydrogens (tertiary/aromatic N) is 3. The average Bonchev–Trinajstić information content (AvgIpc) is 3.91. The Morgan fingerprint density at radius 1 is 1.05 bits per heavy atom. The van der Waals surface area contributed by atoms with E-state index in [4.69, 9.17) is 33.7 Å². The number of aliphatic carboxylic acids is 1. The third-order valence-corrected chi connectivity index (χ3v) is 13.5. The van der Waals surface area contributed by atoms with E-state index in [1.807, 2.05) is 58.2 Å². The first-order chi connectivity index (χ1) is 30.1. The van der Waals surface area contributed by atoms with Crippen molar-refractivity contribution in [2.45, 2.75) is 128 Å². The predicted octanol–water partition coefficient (Wildman–Crippen LogP) is 6.53. The molecule has 5 aliphatic rings. The second-order valence-corrected chi connectivity index (χ2v) is 19.9. The van der Waals surface area contributed by atoms with Crippen molar-refractivity contribution in [2.24, 2.45) is 23.2 Å². The number of carboxylic acids is 1.